The van der Waals surface area contributed by atoms with Gasteiger partial charge in [-0.15, -0.1) is 0 Å². The highest BCUT2D eigenvalue weighted by Gasteiger charge is 2.33. The molecule has 1 aliphatic heterocycles. The first kappa shape index (κ1) is 17.8. The number of nitrogens with one attached hydrogen (secondary N) is 1. The van der Waals surface area contributed by atoms with Gasteiger partial charge in [0, 0.05) is 18.3 Å². The van der Waals surface area contributed by atoms with E-state index in [9.17, 15) is 13.2 Å². The Bertz CT molecular complexity index is 675. The second-order valence-corrected chi connectivity index (χ2v) is 8.59. The first-order chi connectivity index (χ1) is 10.7. The van der Waals surface area contributed by atoms with E-state index in [1.165, 1.54) is 5.56 Å². The highest BCUT2D eigenvalue weighted by Crippen LogP contribution is 2.22. The number of nitrogens with zero attached hydrogens (tertiary/aromatic N) is 1. The number of aryl methyl sites for hydroxylation is 3. The van der Waals surface area contributed by atoms with E-state index < -0.39 is 9.84 Å². The Morgan fingerprint density at radius 1 is 1.26 bits per heavy atom. The van der Waals surface area contributed by atoms with Crippen molar-refractivity contribution in [2.45, 2.75) is 40.2 Å². The molecule has 1 N–H and O–H groups in total. The fraction of sp³-hybridized carbons (Fsp3) is 0.588. The summed E-state index contributed by atoms with van der Waals surface area (Å²) in [6.07, 6.45) is 0.546. The zero-order chi connectivity index (χ0) is 17.2. The number of anilines is 1. The molecule has 1 heterocycles. The van der Waals surface area contributed by atoms with E-state index in [4.69, 9.17) is 0 Å². The molecule has 1 unspecified atom stereocenters. The van der Waals surface area contributed by atoms with E-state index >= 15 is 0 Å². The smallest absolute Gasteiger partial charge is 0.242 e. The van der Waals surface area contributed by atoms with Gasteiger partial charge in [-0.05, 0) is 45.2 Å². The molecule has 0 aliphatic carbocycles. The SMILES string of the molecule is CCN(C(=O)CNc1c(C)cc(C)cc1C)C1CCS(=O)(=O)C1. The van der Waals surface area contributed by atoms with Crippen molar-refractivity contribution in [2.24, 2.45) is 0 Å². The lowest BCUT2D eigenvalue weighted by molar-refractivity contribution is -0.130. The van der Waals surface area contributed by atoms with Crippen molar-refractivity contribution in [1.29, 1.82) is 0 Å². The summed E-state index contributed by atoms with van der Waals surface area (Å²) in [4.78, 5) is 14.2. The van der Waals surface area contributed by atoms with E-state index in [-0.39, 0.29) is 30.0 Å². The molecule has 6 heteroatoms. The fourth-order valence-electron chi connectivity index (χ4n) is 3.38. The summed E-state index contributed by atoms with van der Waals surface area (Å²) in [5, 5.41) is 3.23. The Labute approximate surface area is 139 Å². The molecular formula is C17H26N2O3S. The van der Waals surface area contributed by atoms with Crippen molar-refractivity contribution in [3.63, 3.8) is 0 Å². The summed E-state index contributed by atoms with van der Waals surface area (Å²) in [7, 11) is -2.98. The molecule has 5 nitrogen and oxygen atoms in total. The summed E-state index contributed by atoms with van der Waals surface area (Å²) in [6, 6.07) is 3.99. The second-order valence-electron chi connectivity index (χ2n) is 6.36. The van der Waals surface area contributed by atoms with Gasteiger partial charge in [0.15, 0.2) is 9.84 Å². The topological polar surface area (TPSA) is 66.5 Å². The van der Waals surface area contributed by atoms with Crippen molar-refractivity contribution >= 4 is 21.4 Å². The third-order valence-electron chi connectivity index (χ3n) is 4.40. The molecule has 0 saturated carbocycles. The van der Waals surface area contributed by atoms with Gasteiger partial charge in [0.25, 0.3) is 0 Å². The largest absolute Gasteiger partial charge is 0.376 e. The third kappa shape index (κ3) is 4.25. The lowest BCUT2D eigenvalue weighted by Gasteiger charge is -2.27. The molecule has 1 aromatic carbocycles. The molecule has 1 aromatic rings. The third-order valence-corrected chi connectivity index (χ3v) is 6.15. The van der Waals surface area contributed by atoms with Gasteiger partial charge in [-0.25, -0.2) is 8.42 Å². The first-order valence-corrected chi connectivity index (χ1v) is 9.87. The van der Waals surface area contributed by atoms with Crippen LogP contribution in [0.3, 0.4) is 0 Å². The van der Waals surface area contributed by atoms with Crippen LogP contribution >= 0.6 is 0 Å². The summed E-state index contributed by atoms with van der Waals surface area (Å²) in [5.74, 6) is 0.231. The lowest BCUT2D eigenvalue weighted by Crippen LogP contribution is -2.43. The van der Waals surface area contributed by atoms with Gasteiger partial charge >= 0.3 is 0 Å². The highest BCUT2D eigenvalue weighted by molar-refractivity contribution is 7.91. The number of sulfone groups is 1. The average Bonchev–Trinajstić information content (AvgIpc) is 2.78. The van der Waals surface area contributed by atoms with E-state index in [1.54, 1.807) is 4.90 Å². The number of likely N-dealkylation sites (N-methyl/N-ethyl adjacent to an activating group) is 1. The lowest BCUT2D eigenvalue weighted by atomic mass is 10.1. The van der Waals surface area contributed by atoms with Crippen molar-refractivity contribution in [3.8, 4) is 0 Å². The van der Waals surface area contributed by atoms with Gasteiger partial charge in [-0.1, -0.05) is 17.7 Å². The Morgan fingerprint density at radius 3 is 2.35 bits per heavy atom. The molecule has 1 atom stereocenters. The maximum atomic E-state index is 12.5. The minimum Gasteiger partial charge on any atom is -0.376 e. The minimum atomic E-state index is -2.98. The van der Waals surface area contributed by atoms with Gasteiger partial charge in [0.05, 0.1) is 18.1 Å². The van der Waals surface area contributed by atoms with E-state index in [0.29, 0.717) is 13.0 Å². The minimum absolute atomic E-state index is 0.0472. The number of rotatable bonds is 5. The molecule has 0 bridgehead atoms. The van der Waals surface area contributed by atoms with Crippen LogP contribution in [0.1, 0.15) is 30.0 Å². The normalized spacial score (nSPS) is 19.6. The quantitative estimate of drug-likeness (QED) is 0.892. The molecule has 1 aliphatic rings. The average molecular weight is 338 g/mol. The van der Waals surface area contributed by atoms with Crippen LogP contribution < -0.4 is 5.32 Å². The number of hydrogen-bond acceptors (Lipinski definition) is 4. The molecular weight excluding hydrogens is 312 g/mol. The maximum absolute atomic E-state index is 12.5. The Hall–Kier alpha value is -1.56. The number of benzene rings is 1. The van der Waals surface area contributed by atoms with Crippen LogP contribution in [0.15, 0.2) is 12.1 Å². The van der Waals surface area contributed by atoms with Gasteiger partial charge in [-0.2, -0.15) is 0 Å². The van der Waals surface area contributed by atoms with Crippen LogP contribution in [-0.2, 0) is 14.6 Å². The van der Waals surface area contributed by atoms with Crippen LogP contribution in [-0.4, -0.2) is 49.9 Å². The first-order valence-electron chi connectivity index (χ1n) is 8.05. The van der Waals surface area contributed by atoms with Crippen LogP contribution in [0.4, 0.5) is 5.69 Å². The van der Waals surface area contributed by atoms with Crippen LogP contribution in [0.25, 0.3) is 0 Å². The molecule has 128 valence electrons. The Kier molecular flexibility index (Phi) is 5.34. The van der Waals surface area contributed by atoms with Gasteiger partial charge in [-0.3, -0.25) is 4.79 Å². The predicted molar refractivity (Wildman–Crippen MR) is 93.6 cm³/mol. The number of carbonyl (C=O) groups is 1. The standard InChI is InChI=1S/C17H26N2O3S/c1-5-19(15-6-7-23(21,22)11-15)16(20)10-18-17-13(3)8-12(2)9-14(17)4/h8-9,15,18H,5-7,10-11H2,1-4H3. The molecule has 1 amide bonds. The van der Waals surface area contributed by atoms with Crippen molar-refractivity contribution in [3.05, 3.63) is 28.8 Å². The molecule has 23 heavy (non-hydrogen) atoms. The summed E-state index contributed by atoms with van der Waals surface area (Å²) < 4.78 is 23.3. The zero-order valence-electron chi connectivity index (χ0n) is 14.3. The molecule has 1 saturated heterocycles. The maximum Gasteiger partial charge on any atom is 0.242 e. The van der Waals surface area contributed by atoms with Gasteiger partial charge < -0.3 is 10.2 Å². The van der Waals surface area contributed by atoms with Gasteiger partial charge in [0.1, 0.15) is 0 Å². The molecule has 1 fully saturated rings. The number of carbonyl (C=O) groups excluding carboxylic acids is 1. The fourth-order valence-corrected chi connectivity index (χ4v) is 5.11. The van der Waals surface area contributed by atoms with Gasteiger partial charge in [0.2, 0.25) is 5.91 Å². The van der Waals surface area contributed by atoms with E-state index in [0.717, 1.165) is 16.8 Å². The van der Waals surface area contributed by atoms with E-state index in [1.807, 2.05) is 27.7 Å². The molecule has 0 spiro atoms. The highest BCUT2D eigenvalue weighted by atomic mass is 32.2. The predicted octanol–water partition coefficient (Wildman–Crippen LogP) is 2.06. The van der Waals surface area contributed by atoms with Crippen molar-refractivity contribution in [2.75, 3.05) is 29.9 Å². The number of amides is 1. The second kappa shape index (κ2) is 6.91. The monoisotopic (exact) mass is 338 g/mol. The Morgan fingerprint density at radius 2 is 1.87 bits per heavy atom. The molecule has 0 radical (unpaired) electrons. The van der Waals surface area contributed by atoms with Crippen molar-refractivity contribution < 1.29 is 13.2 Å². The van der Waals surface area contributed by atoms with Crippen molar-refractivity contribution in [1.82, 2.24) is 4.90 Å². The molecule has 2 rings (SSSR count). The number of hydrogen-bond donors (Lipinski definition) is 1. The summed E-state index contributed by atoms with van der Waals surface area (Å²) in [5.41, 5.74) is 4.41. The van der Waals surface area contributed by atoms with Crippen LogP contribution in [0.5, 0.6) is 0 Å². The summed E-state index contributed by atoms with van der Waals surface area (Å²) in [6.45, 7) is 8.71. The summed E-state index contributed by atoms with van der Waals surface area (Å²) >= 11 is 0. The zero-order valence-corrected chi connectivity index (χ0v) is 15.2. The van der Waals surface area contributed by atoms with E-state index in [2.05, 4.69) is 17.4 Å². The Balaban J connectivity index is 2.04. The van der Waals surface area contributed by atoms with Crippen LogP contribution in [0.2, 0.25) is 0 Å². The van der Waals surface area contributed by atoms with Crippen LogP contribution in [0, 0.1) is 20.8 Å². The molecule has 0 aromatic heterocycles.